The minimum Gasteiger partial charge on any atom is -0.481 e. The van der Waals surface area contributed by atoms with Gasteiger partial charge in [-0.3, -0.25) is 9.59 Å². The number of anilines is 1. The Bertz CT molecular complexity index is 693. The number of carbonyl (C=O) groups is 2. The smallest absolute Gasteiger partial charge is 0.308 e. The highest BCUT2D eigenvalue weighted by molar-refractivity contribution is 7.09. The molecule has 0 radical (unpaired) electrons. The predicted octanol–water partition coefficient (Wildman–Crippen LogP) is 2.56. The summed E-state index contributed by atoms with van der Waals surface area (Å²) in [6.07, 6.45) is 0.0718. The second-order valence-corrected chi connectivity index (χ2v) is 6.10. The lowest BCUT2D eigenvalue weighted by Gasteiger charge is -2.16. The molecule has 1 atom stereocenters. The Morgan fingerprint density at radius 2 is 2.10 bits per heavy atom. The lowest BCUT2D eigenvalue weighted by Crippen LogP contribution is -2.25. The zero-order valence-corrected chi connectivity index (χ0v) is 12.3. The molecule has 0 spiro atoms. The molecule has 1 fully saturated rings. The van der Waals surface area contributed by atoms with Crippen molar-refractivity contribution >= 4 is 28.9 Å². The molecule has 1 aromatic carbocycles. The van der Waals surface area contributed by atoms with Crippen molar-refractivity contribution in [3.05, 3.63) is 34.7 Å². The zero-order valence-electron chi connectivity index (χ0n) is 11.4. The van der Waals surface area contributed by atoms with Crippen LogP contribution in [0.15, 0.2) is 29.6 Å². The van der Waals surface area contributed by atoms with Crippen molar-refractivity contribution < 1.29 is 14.7 Å². The number of rotatable bonds is 3. The first-order valence-electron chi connectivity index (χ1n) is 6.60. The normalized spacial score (nSPS) is 18.2. The summed E-state index contributed by atoms with van der Waals surface area (Å²) in [4.78, 5) is 28.8. The molecule has 21 heavy (non-hydrogen) atoms. The Kier molecular flexibility index (Phi) is 3.47. The van der Waals surface area contributed by atoms with Gasteiger partial charge in [0.15, 0.2) is 0 Å². The monoisotopic (exact) mass is 302 g/mol. The van der Waals surface area contributed by atoms with Crippen molar-refractivity contribution in [3.63, 3.8) is 0 Å². The lowest BCUT2D eigenvalue weighted by atomic mass is 10.1. The van der Waals surface area contributed by atoms with E-state index in [1.165, 1.54) is 4.90 Å². The van der Waals surface area contributed by atoms with Crippen LogP contribution in [-0.2, 0) is 9.59 Å². The third-order valence-electron chi connectivity index (χ3n) is 3.57. The van der Waals surface area contributed by atoms with Crippen LogP contribution in [0.4, 0.5) is 5.69 Å². The predicted molar refractivity (Wildman–Crippen MR) is 80.4 cm³/mol. The molecular weight excluding hydrogens is 288 g/mol. The second kappa shape index (κ2) is 5.29. The van der Waals surface area contributed by atoms with Crippen molar-refractivity contribution in [2.75, 3.05) is 11.4 Å². The van der Waals surface area contributed by atoms with Crippen molar-refractivity contribution in [2.45, 2.75) is 13.3 Å². The Labute approximate surface area is 125 Å². The van der Waals surface area contributed by atoms with Crippen LogP contribution in [0.5, 0.6) is 0 Å². The van der Waals surface area contributed by atoms with E-state index in [0.29, 0.717) is 0 Å². The van der Waals surface area contributed by atoms with Crippen LogP contribution in [0.1, 0.15) is 11.4 Å². The molecule has 1 aromatic heterocycles. The van der Waals surface area contributed by atoms with Gasteiger partial charge in [-0.25, -0.2) is 4.98 Å². The van der Waals surface area contributed by atoms with E-state index in [-0.39, 0.29) is 18.9 Å². The fourth-order valence-electron chi connectivity index (χ4n) is 2.43. The number of carbonyl (C=O) groups excluding carboxylic acids is 1. The molecule has 0 aliphatic carbocycles. The molecule has 1 aliphatic rings. The third-order valence-corrected chi connectivity index (χ3v) is 4.34. The van der Waals surface area contributed by atoms with Crippen molar-refractivity contribution in [3.8, 4) is 11.3 Å². The number of amides is 1. The third kappa shape index (κ3) is 2.67. The standard InChI is InChI=1S/C15H14N2O3S/c1-9-16-13(8-21-9)10-2-4-12(5-3-10)17-7-11(15(19)20)6-14(17)18/h2-5,8,11H,6-7H2,1H3,(H,19,20). The van der Waals surface area contributed by atoms with Gasteiger partial charge in [-0.15, -0.1) is 11.3 Å². The van der Waals surface area contributed by atoms with Crippen LogP contribution in [0, 0.1) is 12.8 Å². The molecule has 2 aromatic rings. The maximum Gasteiger partial charge on any atom is 0.308 e. The van der Waals surface area contributed by atoms with Crippen LogP contribution in [0.2, 0.25) is 0 Å². The molecule has 1 N–H and O–H groups in total. The Hall–Kier alpha value is -2.21. The fourth-order valence-corrected chi connectivity index (χ4v) is 3.05. The first-order chi connectivity index (χ1) is 10.0. The summed E-state index contributed by atoms with van der Waals surface area (Å²) in [6, 6.07) is 7.49. The highest BCUT2D eigenvalue weighted by atomic mass is 32.1. The number of carboxylic acid groups (broad SMARTS) is 1. The zero-order chi connectivity index (χ0) is 15.0. The summed E-state index contributed by atoms with van der Waals surface area (Å²) < 4.78 is 0. The molecule has 1 aliphatic heterocycles. The van der Waals surface area contributed by atoms with Crippen LogP contribution in [0.25, 0.3) is 11.3 Å². The van der Waals surface area contributed by atoms with Crippen molar-refractivity contribution in [2.24, 2.45) is 5.92 Å². The highest BCUT2D eigenvalue weighted by Crippen LogP contribution is 2.28. The Morgan fingerprint density at radius 3 is 2.62 bits per heavy atom. The quantitative estimate of drug-likeness (QED) is 0.946. The summed E-state index contributed by atoms with van der Waals surface area (Å²) in [5.74, 6) is -1.67. The average molecular weight is 302 g/mol. The number of aromatic nitrogens is 1. The van der Waals surface area contributed by atoms with Gasteiger partial charge < -0.3 is 10.0 Å². The molecule has 2 heterocycles. The van der Waals surface area contributed by atoms with Crippen molar-refractivity contribution in [1.82, 2.24) is 4.98 Å². The maximum absolute atomic E-state index is 11.9. The van der Waals surface area contributed by atoms with Gasteiger partial charge in [0.2, 0.25) is 5.91 Å². The average Bonchev–Trinajstić information content (AvgIpc) is 3.05. The van der Waals surface area contributed by atoms with E-state index in [1.807, 2.05) is 36.6 Å². The van der Waals surface area contributed by atoms with Crippen molar-refractivity contribution in [1.29, 1.82) is 0 Å². The van der Waals surface area contributed by atoms with Crippen LogP contribution in [0.3, 0.4) is 0 Å². The minimum absolute atomic E-state index is 0.0718. The molecule has 0 saturated carbocycles. The Balaban J connectivity index is 1.81. The first kappa shape index (κ1) is 13.8. The van der Waals surface area contributed by atoms with Crippen LogP contribution >= 0.6 is 11.3 Å². The van der Waals surface area contributed by atoms with Gasteiger partial charge in [0.25, 0.3) is 0 Å². The number of hydrogen-bond donors (Lipinski definition) is 1. The van der Waals surface area contributed by atoms with Crippen LogP contribution in [-0.4, -0.2) is 28.5 Å². The number of nitrogens with zero attached hydrogens (tertiary/aromatic N) is 2. The molecule has 1 amide bonds. The van der Waals surface area contributed by atoms with E-state index in [0.717, 1.165) is 22.0 Å². The van der Waals surface area contributed by atoms with Crippen LogP contribution < -0.4 is 4.90 Å². The summed E-state index contributed by atoms with van der Waals surface area (Å²) in [7, 11) is 0. The number of aryl methyl sites for hydroxylation is 1. The SMILES string of the molecule is Cc1nc(-c2ccc(N3CC(C(=O)O)CC3=O)cc2)cs1. The lowest BCUT2D eigenvalue weighted by molar-refractivity contribution is -0.141. The van der Waals surface area contributed by atoms with Gasteiger partial charge in [-0.1, -0.05) is 12.1 Å². The van der Waals surface area contributed by atoms with E-state index < -0.39 is 11.9 Å². The molecule has 1 saturated heterocycles. The second-order valence-electron chi connectivity index (χ2n) is 5.04. The highest BCUT2D eigenvalue weighted by Gasteiger charge is 2.34. The van der Waals surface area contributed by atoms with Gasteiger partial charge in [-0.05, 0) is 19.1 Å². The molecule has 3 rings (SSSR count). The maximum atomic E-state index is 11.9. The number of hydrogen-bond acceptors (Lipinski definition) is 4. The van der Waals surface area contributed by atoms with Gasteiger partial charge in [0, 0.05) is 29.6 Å². The first-order valence-corrected chi connectivity index (χ1v) is 7.48. The summed E-state index contributed by atoms with van der Waals surface area (Å²) in [5, 5.41) is 12.0. The summed E-state index contributed by atoms with van der Waals surface area (Å²) in [6.45, 7) is 2.20. The number of benzene rings is 1. The Morgan fingerprint density at radius 1 is 1.38 bits per heavy atom. The van der Waals surface area contributed by atoms with Gasteiger partial charge in [-0.2, -0.15) is 0 Å². The van der Waals surface area contributed by atoms with Gasteiger partial charge >= 0.3 is 5.97 Å². The number of carboxylic acids is 1. The van der Waals surface area contributed by atoms with E-state index in [2.05, 4.69) is 4.98 Å². The molecule has 0 bridgehead atoms. The summed E-state index contributed by atoms with van der Waals surface area (Å²) in [5.41, 5.74) is 2.64. The van der Waals surface area contributed by atoms with E-state index in [4.69, 9.17) is 5.11 Å². The minimum atomic E-state index is -0.916. The molecular formula is C15H14N2O3S. The van der Waals surface area contributed by atoms with Gasteiger partial charge in [0.05, 0.1) is 16.6 Å². The molecule has 5 nitrogen and oxygen atoms in total. The topological polar surface area (TPSA) is 70.5 Å². The molecule has 6 heteroatoms. The fraction of sp³-hybridized carbons (Fsp3) is 0.267. The van der Waals surface area contributed by atoms with E-state index >= 15 is 0 Å². The van der Waals surface area contributed by atoms with E-state index in [1.54, 1.807) is 11.3 Å². The number of aliphatic carboxylic acids is 1. The molecule has 1 unspecified atom stereocenters. The van der Waals surface area contributed by atoms with E-state index in [9.17, 15) is 9.59 Å². The number of thiazole rings is 1. The largest absolute Gasteiger partial charge is 0.481 e. The summed E-state index contributed by atoms with van der Waals surface area (Å²) >= 11 is 1.59. The van der Waals surface area contributed by atoms with Gasteiger partial charge in [0.1, 0.15) is 0 Å². The molecule has 108 valence electrons.